The lowest BCUT2D eigenvalue weighted by Crippen LogP contribution is -2.29. The topological polar surface area (TPSA) is 37.3 Å². The maximum Gasteiger partial charge on any atom is 0.332 e. The standard InChI is InChI=1S/C18H24O2S/c1-18(2,3)14-10-7-11-15(16(14)17(19)20)21-12-13-8-5-4-6-9-13/h4-6,8-9,14H,7,10-12H2,1-3H3,(H,19,20). The average Bonchev–Trinajstić information content (AvgIpc) is 2.44. The van der Waals surface area contributed by atoms with Crippen LogP contribution >= 0.6 is 11.8 Å². The van der Waals surface area contributed by atoms with Crippen molar-refractivity contribution in [2.45, 2.75) is 45.8 Å². The summed E-state index contributed by atoms with van der Waals surface area (Å²) in [5, 5.41) is 9.67. The molecule has 2 rings (SSSR count). The fraction of sp³-hybridized carbons (Fsp3) is 0.500. The first-order valence-electron chi connectivity index (χ1n) is 7.52. The van der Waals surface area contributed by atoms with Crippen molar-refractivity contribution in [3.63, 3.8) is 0 Å². The molecule has 114 valence electrons. The summed E-state index contributed by atoms with van der Waals surface area (Å²) in [4.78, 5) is 12.8. The Morgan fingerprint density at radius 1 is 1.29 bits per heavy atom. The Balaban J connectivity index is 2.22. The number of carboxylic acid groups (broad SMARTS) is 1. The van der Waals surface area contributed by atoms with E-state index in [9.17, 15) is 9.90 Å². The van der Waals surface area contributed by atoms with E-state index in [0.29, 0.717) is 5.57 Å². The highest BCUT2D eigenvalue weighted by Crippen LogP contribution is 2.45. The molecular weight excluding hydrogens is 280 g/mol. The molecule has 0 amide bonds. The van der Waals surface area contributed by atoms with E-state index in [1.807, 2.05) is 18.2 Å². The van der Waals surface area contributed by atoms with Gasteiger partial charge in [0.1, 0.15) is 0 Å². The highest BCUT2D eigenvalue weighted by atomic mass is 32.2. The lowest BCUT2D eigenvalue weighted by Gasteiger charge is -2.35. The Labute approximate surface area is 131 Å². The van der Waals surface area contributed by atoms with Gasteiger partial charge in [0.15, 0.2) is 0 Å². The van der Waals surface area contributed by atoms with Gasteiger partial charge in [-0.05, 0) is 41.1 Å². The number of thioether (sulfide) groups is 1. The highest BCUT2D eigenvalue weighted by Gasteiger charge is 2.35. The van der Waals surface area contributed by atoms with E-state index in [1.165, 1.54) is 5.56 Å². The summed E-state index contributed by atoms with van der Waals surface area (Å²) in [5.41, 5.74) is 1.92. The Bertz CT molecular complexity index is 526. The van der Waals surface area contributed by atoms with Gasteiger partial charge in [0, 0.05) is 5.75 Å². The van der Waals surface area contributed by atoms with E-state index >= 15 is 0 Å². The molecule has 1 aliphatic carbocycles. The Kier molecular flexibility index (Phi) is 5.15. The second-order valence-electron chi connectivity index (χ2n) is 6.73. The second-order valence-corrected chi connectivity index (χ2v) is 7.80. The SMILES string of the molecule is CC(C)(C)C1CCCC(SCc2ccccc2)=C1C(=O)O. The van der Waals surface area contributed by atoms with E-state index in [1.54, 1.807) is 11.8 Å². The quantitative estimate of drug-likeness (QED) is 0.840. The van der Waals surface area contributed by atoms with E-state index in [-0.39, 0.29) is 11.3 Å². The van der Waals surface area contributed by atoms with Crippen molar-refractivity contribution in [3.05, 3.63) is 46.4 Å². The summed E-state index contributed by atoms with van der Waals surface area (Å²) >= 11 is 1.71. The molecule has 0 aromatic heterocycles. The van der Waals surface area contributed by atoms with Crippen molar-refractivity contribution in [1.29, 1.82) is 0 Å². The summed E-state index contributed by atoms with van der Waals surface area (Å²) < 4.78 is 0. The predicted molar refractivity (Wildman–Crippen MR) is 89.2 cm³/mol. The first-order chi connectivity index (χ1) is 9.89. The monoisotopic (exact) mass is 304 g/mol. The summed E-state index contributed by atoms with van der Waals surface area (Å²) in [6.07, 6.45) is 2.99. The molecule has 1 aromatic rings. The van der Waals surface area contributed by atoms with Crippen LogP contribution in [0.3, 0.4) is 0 Å². The molecule has 1 aliphatic rings. The minimum absolute atomic E-state index is 0.00665. The Morgan fingerprint density at radius 3 is 2.52 bits per heavy atom. The lowest BCUT2D eigenvalue weighted by molar-refractivity contribution is -0.134. The molecule has 1 unspecified atom stereocenters. The van der Waals surface area contributed by atoms with Crippen LogP contribution in [-0.4, -0.2) is 11.1 Å². The van der Waals surface area contributed by atoms with Gasteiger partial charge in [-0.15, -0.1) is 11.8 Å². The number of aliphatic carboxylic acids is 1. The van der Waals surface area contributed by atoms with Gasteiger partial charge in [-0.3, -0.25) is 0 Å². The number of rotatable bonds is 4. The summed E-state index contributed by atoms with van der Waals surface area (Å²) in [7, 11) is 0. The molecule has 0 aliphatic heterocycles. The molecule has 0 heterocycles. The fourth-order valence-electron chi connectivity index (χ4n) is 2.97. The molecule has 0 saturated carbocycles. The summed E-state index contributed by atoms with van der Waals surface area (Å²) in [6, 6.07) is 10.3. The van der Waals surface area contributed by atoms with Crippen molar-refractivity contribution >= 4 is 17.7 Å². The molecule has 1 N–H and O–H groups in total. The average molecular weight is 304 g/mol. The van der Waals surface area contributed by atoms with Gasteiger partial charge in [-0.1, -0.05) is 51.1 Å². The molecule has 3 heteroatoms. The number of benzene rings is 1. The molecular formula is C18H24O2S. The molecule has 0 fully saturated rings. The molecule has 0 bridgehead atoms. The zero-order chi connectivity index (χ0) is 15.5. The minimum atomic E-state index is -0.731. The van der Waals surface area contributed by atoms with Crippen molar-refractivity contribution in [3.8, 4) is 0 Å². The minimum Gasteiger partial charge on any atom is -0.478 e. The number of hydrogen-bond acceptors (Lipinski definition) is 2. The lowest BCUT2D eigenvalue weighted by atomic mass is 9.71. The Morgan fingerprint density at radius 2 is 1.95 bits per heavy atom. The van der Waals surface area contributed by atoms with Gasteiger partial charge in [0.2, 0.25) is 0 Å². The van der Waals surface area contributed by atoms with Crippen molar-refractivity contribution in [2.24, 2.45) is 11.3 Å². The zero-order valence-electron chi connectivity index (χ0n) is 13.1. The number of carboxylic acids is 1. The van der Waals surface area contributed by atoms with Crippen LogP contribution in [0.5, 0.6) is 0 Å². The Hall–Kier alpha value is -1.22. The number of allylic oxidation sites excluding steroid dienone is 1. The largest absolute Gasteiger partial charge is 0.478 e. The molecule has 1 atom stereocenters. The summed E-state index contributed by atoms with van der Waals surface area (Å²) in [5.74, 6) is 0.274. The van der Waals surface area contributed by atoms with E-state index in [2.05, 4.69) is 32.9 Å². The predicted octanol–water partition coefficient (Wildman–Crippen LogP) is 5.10. The summed E-state index contributed by atoms with van der Waals surface area (Å²) in [6.45, 7) is 6.43. The molecule has 1 aromatic carbocycles. The van der Waals surface area contributed by atoms with Gasteiger partial charge < -0.3 is 5.11 Å². The van der Waals surface area contributed by atoms with Gasteiger partial charge in [-0.25, -0.2) is 4.79 Å². The molecule has 21 heavy (non-hydrogen) atoms. The molecule has 2 nitrogen and oxygen atoms in total. The van der Waals surface area contributed by atoms with E-state index in [4.69, 9.17) is 0 Å². The zero-order valence-corrected chi connectivity index (χ0v) is 13.9. The maximum atomic E-state index is 11.8. The third-order valence-electron chi connectivity index (χ3n) is 4.08. The van der Waals surface area contributed by atoms with Gasteiger partial charge in [0.25, 0.3) is 0 Å². The van der Waals surface area contributed by atoms with Crippen LogP contribution in [0.2, 0.25) is 0 Å². The van der Waals surface area contributed by atoms with Crippen LogP contribution in [0, 0.1) is 11.3 Å². The van der Waals surface area contributed by atoms with Crippen LogP contribution in [0.1, 0.15) is 45.6 Å². The van der Waals surface area contributed by atoms with Crippen LogP contribution in [0.25, 0.3) is 0 Å². The van der Waals surface area contributed by atoms with Crippen LogP contribution in [0.15, 0.2) is 40.8 Å². The van der Waals surface area contributed by atoms with E-state index < -0.39 is 5.97 Å². The third kappa shape index (κ3) is 4.13. The molecule has 0 radical (unpaired) electrons. The van der Waals surface area contributed by atoms with Crippen LogP contribution in [0.4, 0.5) is 0 Å². The molecule has 0 spiro atoms. The molecule has 0 saturated heterocycles. The smallest absolute Gasteiger partial charge is 0.332 e. The van der Waals surface area contributed by atoms with Crippen molar-refractivity contribution < 1.29 is 9.90 Å². The number of carbonyl (C=O) groups is 1. The maximum absolute atomic E-state index is 11.8. The number of hydrogen-bond donors (Lipinski definition) is 1. The van der Waals surface area contributed by atoms with Crippen LogP contribution in [-0.2, 0) is 10.5 Å². The second kappa shape index (κ2) is 6.69. The normalized spacial score (nSPS) is 19.7. The third-order valence-corrected chi connectivity index (χ3v) is 5.33. The van der Waals surface area contributed by atoms with Gasteiger partial charge >= 0.3 is 5.97 Å². The fourth-order valence-corrected chi connectivity index (χ4v) is 4.18. The van der Waals surface area contributed by atoms with Crippen molar-refractivity contribution in [2.75, 3.05) is 0 Å². The first kappa shape index (κ1) is 16.2. The van der Waals surface area contributed by atoms with Gasteiger partial charge in [0.05, 0.1) is 5.57 Å². The first-order valence-corrected chi connectivity index (χ1v) is 8.51. The van der Waals surface area contributed by atoms with Crippen LogP contribution < -0.4 is 0 Å². The van der Waals surface area contributed by atoms with Gasteiger partial charge in [-0.2, -0.15) is 0 Å². The highest BCUT2D eigenvalue weighted by molar-refractivity contribution is 8.02. The van der Waals surface area contributed by atoms with E-state index in [0.717, 1.165) is 29.9 Å². The van der Waals surface area contributed by atoms with Crippen molar-refractivity contribution in [1.82, 2.24) is 0 Å².